The van der Waals surface area contributed by atoms with Crippen molar-refractivity contribution in [3.63, 3.8) is 0 Å². The fraction of sp³-hybridized carbons (Fsp3) is 0.455. The molecule has 1 radical (unpaired) electrons. The van der Waals surface area contributed by atoms with Crippen LogP contribution in [0.15, 0.2) is 42.6 Å². The first kappa shape index (κ1) is 34.4. The Bertz CT molecular complexity index is 1680. The maximum absolute atomic E-state index is 12.7. The standard InChI is InChI=1S/C33H44BN5O4PSi/c1-22(2)43-29-17-25(44(7,8)41)11-12-28(29)38-31-36-14-13-27(37-31)23-15-24(18-35)30-26(16-23)33(6,19-39(30)34-21-40)20-42-45(9,10)32(3,4)5/h11-17,21-22H,19-20H2,1-10H3,(H,36,37,38)/t33-/m1/s1. The van der Waals surface area contributed by atoms with Crippen LogP contribution >= 0.6 is 7.14 Å². The monoisotopic (exact) mass is 644 g/mol. The number of ether oxygens (including phenoxy) is 1. The first-order valence-electron chi connectivity index (χ1n) is 15.1. The zero-order chi connectivity index (χ0) is 33.4. The molecule has 237 valence electrons. The van der Waals surface area contributed by atoms with Crippen LogP contribution in [-0.4, -0.2) is 64.5 Å². The van der Waals surface area contributed by atoms with E-state index in [0.29, 0.717) is 41.8 Å². The van der Waals surface area contributed by atoms with Crippen molar-refractivity contribution in [2.45, 2.75) is 71.2 Å². The molecular weight excluding hydrogens is 600 g/mol. The van der Waals surface area contributed by atoms with Crippen molar-refractivity contribution in [1.82, 2.24) is 9.97 Å². The molecule has 45 heavy (non-hydrogen) atoms. The lowest BCUT2D eigenvalue weighted by atomic mass is 9.83. The minimum Gasteiger partial charge on any atom is -0.489 e. The molecule has 0 saturated heterocycles. The molecule has 1 N–H and O–H groups in total. The molecule has 0 spiro atoms. The van der Waals surface area contributed by atoms with E-state index in [9.17, 15) is 14.6 Å². The van der Waals surface area contributed by atoms with E-state index in [-0.39, 0.29) is 11.1 Å². The highest BCUT2D eigenvalue weighted by atomic mass is 31.2. The van der Waals surface area contributed by atoms with Crippen molar-refractivity contribution in [3.05, 3.63) is 53.7 Å². The summed E-state index contributed by atoms with van der Waals surface area (Å²) in [5, 5.41) is 14.3. The summed E-state index contributed by atoms with van der Waals surface area (Å²) in [6, 6.07) is 13.5. The van der Waals surface area contributed by atoms with Crippen LogP contribution in [-0.2, 0) is 19.2 Å². The molecule has 9 nitrogen and oxygen atoms in total. The molecule has 3 aromatic rings. The number of hydrogen-bond donors (Lipinski definition) is 1. The SMILES string of the molecule is CC(C)Oc1cc(P(C)(C)=O)ccc1Nc1nccc(-c2cc(C#N)c3c(c2)[C@@](C)(CO[Si](C)(C)C(C)(C)C)CN3[B]C=O)n1. The van der Waals surface area contributed by atoms with Gasteiger partial charge in [0.1, 0.15) is 25.1 Å². The molecule has 1 aromatic heterocycles. The molecule has 0 saturated carbocycles. The number of carbonyl (C=O) groups excluding carboxylic acids is 1. The Morgan fingerprint density at radius 3 is 2.53 bits per heavy atom. The number of carbonyl (C=O) groups is 1. The van der Waals surface area contributed by atoms with E-state index in [4.69, 9.17) is 14.1 Å². The predicted molar refractivity (Wildman–Crippen MR) is 187 cm³/mol. The van der Waals surface area contributed by atoms with Crippen LogP contribution in [0.3, 0.4) is 0 Å². The molecule has 1 aliphatic rings. The van der Waals surface area contributed by atoms with Gasteiger partial charge in [0.2, 0.25) is 5.95 Å². The third-order valence-electron chi connectivity index (χ3n) is 8.63. The molecule has 2 aromatic carbocycles. The first-order chi connectivity index (χ1) is 20.9. The Labute approximate surface area is 269 Å². The van der Waals surface area contributed by atoms with Gasteiger partial charge in [-0.05, 0) is 87.3 Å². The van der Waals surface area contributed by atoms with Crippen LogP contribution in [0.1, 0.15) is 52.7 Å². The normalized spacial score (nSPS) is 16.7. The number of anilines is 3. The molecule has 0 unspecified atom stereocenters. The molecule has 1 atom stereocenters. The fourth-order valence-corrected chi connectivity index (χ4v) is 7.03. The summed E-state index contributed by atoms with van der Waals surface area (Å²) < 4.78 is 25.5. The lowest BCUT2D eigenvalue weighted by Crippen LogP contribution is -2.46. The molecule has 12 heteroatoms. The Balaban J connectivity index is 1.75. The van der Waals surface area contributed by atoms with Crippen LogP contribution in [0.4, 0.5) is 17.3 Å². The summed E-state index contributed by atoms with van der Waals surface area (Å²) in [5.41, 5.74) is 3.69. The number of nitriles is 1. The highest BCUT2D eigenvalue weighted by Gasteiger charge is 2.44. The van der Waals surface area contributed by atoms with Crippen molar-refractivity contribution in [3.8, 4) is 23.1 Å². The van der Waals surface area contributed by atoms with Gasteiger partial charge in [-0.2, -0.15) is 5.26 Å². The minimum atomic E-state index is -2.49. The number of benzene rings is 2. The topological polar surface area (TPSA) is 117 Å². The molecule has 0 aliphatic carbocycles. The van der Waals surface area contributed by atoms with E-state index in [0.717, 1.165) is 28.3 Å². The zero-order valence-electron chi connectivity index (χ0n) is 28.1. The maximum Gasteiger partial charge on any atom is 0.329 e. The van der Waals surface area contributed by atoms with Gasteiger partial charge in [-0.3, -0.25) is 0 Å². The van der Waals surface area contributed by atoms with Gasteiger partial charge in [-0.25, -0.2) is 9.97 Å². The average molecular weight is 645 g/mol. The van der Waals surface area contributed by atoms with Crippen LogP contribution in [0.5, 0.6) is 5.75 Å². The zero-order valence-corrected chi connectivity index (χ0v) is 30.0. The summed E-state index contributed by atoms with van der Waals surface area (Å²) in [5.74, 6) is 0.915. The molecule has 0 amide bonds. The molecule has 1 aliphatic heterocycles. The summed E-state index contributed by atoms with van der Waals surface area (Å²) in [6.45, 7) is 21.5. The lowest BCUT2D eigenvalue weighted by Gasteiger charge is -2.39. The van der Waals surface area contributed by atoms with Gasteiger partial charge in [0.25, 0.3) is 0 Å². The summed E-state index contributed by atoms with van der Waals surface area (Å²) in [7, 11) is -3.08. The van der Waals surface area contributed by atoms with E-state index < -0.39 is 20.9 Å². The van der Waals surface area contributed by atoms with Crippen molar-refractivity contribution >= 4 is 51.7 Å². The van der Waals surface area contributed by atoms with Crippen LogP contribution in [0, 0.1) is 11.3 Å². The van der Waals surface area contributed by atoms with Gasteiger partial charge >= 0.3 is 7.41 Å². The molecular formula is C33H44BN5O4PSi. The van der Waals surface area contributed by atoms with Gasteiger partial charge in [0, 0.05) is 41.3 Å². The molecule has 0 fully saturated rings. The van der Waals surface area contributed by atoms with Gasteiger partial charge in [0.15, 0.2) is 8.32 Å². The number of nitrogens with one attached hydrogen (secondary N) is 1. The van der Waals surface area contributed by atoms with Gasteiger partial charge in [-0.1, -0.05) is 27.7 Å². The number of aromatic nitrogens is 2. The largest absolute Gasteiger partial charge is 0.489 e. The lowest BCUT2D eigenvalue weighted by molar-refractivity contribution is 0.219. The smallest absolute Gasteiger partial charge is 0.329 e. The Morgan fingerprint density at radius 1 is 1.22 bits per heavy atom. The molecule has 2 heterocycles. The van der Waals surface area contributed by atoms with Gasteiger partial charge in [0.05, 0.1) is 23.0 Å². The highest BCUT2D eigenvalue weighted by molar-refractivity contribution is 7.70. The average Bonchev–Trinajstić information content (AvgIpc) is 3.23. The molecule has 0 bridgehead atoms. The predicted octanol–water partition coefficient (Wildman–Crippen LogP) is 6.70. The third kappa shape index (κ3) is 7.52. The van der Waals surface area contributed by atoms with Gasteiger partial charge < -0.3 is 28.7 Å². The minimum absolute atomic E-state index is 0.0383. The first-order valence-corrected chi connectivity index (χ1v) is 20.6. The highest BCUT2D eigenvalue weighted by Crippen LogP contribution is 2.46. The summed E-state index contributed by atoms with van der Waals surface area (Å²) in [6.07, 6.45) is 2.33. The van der Waals surface area contributed by atoms with Crippen LogP contribution < -0.4 is 20.2 Å². The van der Waals surface area contributed by atoms with E-state index in [2.05, 4.69) is 63.2 Å². The second kappa shape index (κ2) is 12.7. The Morgan fingerprint density at radius 2 is 1.93 bits per heavy atom. The van der Waals surface area contributed by atoms with Crippen molar-refractivity contribution in [2.75, 3.05) is 36.6 Å². The van der Waals surface area contributed by atoms with Crippen LogP contribution in [0.2, 0.25) is 18.1 Å². The second-order valence-electron chi connectivity index (χ2n) is 14.1. The Hall–Kier alpha value is -3.45. The fourth-order valence-electron chi connectivity index (χ4n) is 5.06. The Kier molecular flexibility index (Phi) is 9.75. The van der Waals surface area contributed by atoms with E-state index in [1.165, 1.54) is 7.41 Å². The summed E-state index contributed by atoms with van der Waals surface area (Å²) in [4.78, 5) is 22.7. The van der Waals surface area contributed by atoms with Gasteiger partial charge in [-0.15, -0.1) is 0 Å². The van der Waals surface area contributed by atoms with Crippen molar-refractivity contribution < 1.29 is 18.5 Å². The number of nitrogens with zero attached hydrogens (tertiary/aromatic N) is 4. The van der Waals surface area contributed by atoms with E-state index in [1.807, 2.05) is 36.9 Å². The van der Waals surface area contributed by atoms with Crippen molar-refractivity contribution in [2.24, 2.45) is 0 Å². The van der Waals surface area contributed by atoms with Crippen LogP contribution in [0.25, 0.3) is 11.3 Å². The quantitative estimate of drug-likeness (QED) is 0.138. The number of rotatable bonds is 11. The van der Waals surface area contributed by atoms with E-state index in [1.54, 1.807) is 31.7 Å². The number of hydrogen-bond acceptors (Lipinski definition) is 9. The van der Waals surface area contributed by atoms with Crippen molar-refractivity contribution in [1.29, 1.82) is 5.26 Å². The second-order valence-corrected chi connectivity index (χ2v) is 22.2. The third-order valence-corrected chi connectivity index (χ3v) is 14.6. The van der Waals surface area contributed by atoms with E-state index >= 15 is 0 Å². The molecule has 4 rings (SSSR count). The maximum atomic E-state index is 12.7. The number of fused-ring (bicyclic) bond motifs is 1. The summed E-state index contributed by atoms with van der Waals surface area (Å²) >= 11 is 0.